The molecule has 8 heteroatoms. The Balaban J connectivity index is 1.93. The summed E-state index contributed by atoms with van der Waals surface area (Å²) >= 11 is 7.75. The molecule has 0 atom stereocenters. The number of carbonyl (C=O) groups excluding carboxylic acids is 1. The van der Waals surface area contributed by atoms with Crippen LogP contribution in [-0.2, 0) is 4.79 Å². The first-order valence-electron chi connectivity index (χ1n) is 9.84. The summed E-state index contributed by atoms with van der Waals surface area (Å²) in [5.74, 6) is 1.66. The highest BCUT2D eigenvalue weighted by Crippen LogP contribution is 2.39. The monoisotopic (exact) mass is 460 g/mol. The molecular formula is C23H25ClN2O4S. The molecule has 2 aromatic carbocycles. The molecular weight excluding hydrogens is 436 g/mol. The Labute approximate surface area is 191 Å². The first-order chi connectivity index (χ1) is 14.9. The molecule has 0 spiro atoms. The topological polar surface area (TPSA) is 60.4 Å². The van der Waals surface area contributed by atoms with Gasteiger partial charge in [0.1, 0.15) is 5.75 Å². The molecule has 0 bridgehead atoms. The minimum absolute atomic E-state index is 0.0441. The second kappa shape index (κ2) is 10.1. The van der Waals surface area contributed by atoms with Crippen LogP contribution in [0.2, 0.25) is 5.02 Å². The number of nitrogens with zero attached hydrogens (tertiary/aromatic N) is 2. The van der Waals surface area contributed by atoms with Crippen molar-refractivity contribution in [2.24, 2.45) is 4.99 Å². The molecule has 3 rings (SSSR count). The molecule has 0 saturated carbocycles. The predicted octanol–water partition coefficient (Wildman–Crippen LogP) is 5.77. The molecule has 0 radical (unpaired) electrons. The Kier molecular flexibility index (Phi) is 7.51. The molecule has 1 heterocycles. The van der Waals surface area contributed by atoms with E-state index >= 15 is 0 Å². The van der Waals surface area contributed by atoms with E-state index in [1.165, 1.54) is 11.8 Å². The van der Waals surface area contributed by atoms with Gasteiger partial charge in [-0.25, -0.2) is 4.99 Å². The highest BCUT2D eigenvalue weighted by Gasteiger charge is 2.32. The summed E-state index contributed by atoms with van der Waals surface area (Å²) in [6, 6.07) is 10.9. The summed E-state index contributed by atoms with van der Waals surface area (Å²) in [4.78, 5) is 19.8. The number of rotatable bonds is 7. The molecule has 0 aliphatic carbocycles. The van der Waals surface area contributed by atoms with Crippen LogP contribution in [0.1, 0.15) is 26.3 Å². The quantitative estimate of drug-likeness (QED) is 0.491. The van der Waals surface area contributed by atoms with Crippen LogP contribution >= 0.6 is 23.4 Å². The van der Waals surface area contributed by atoms with Crippen molar-refractivity contribution in [2.75, 3.05) is 20.8 Å². The first-order valence-corrected chi connectivity index (χ1v) is 11.0. The summed E-state index contributed by atoms with van der Waals surface area (Å²) in [7, 11) is 3.18. The van der Waals surface area contributed by atoms with Gasteiger partial charge in [-0.2, -0.15) is 0 Å². The zero-order chi connectivity index (χ0) is 22.5. The van der Waals surface area contributed by atoms with Gasteiger partial charge in [-0.05, 0) is 80.6 Å². The second-order valence-corrected chi connectivity index (χ2v) is 8.37. The summed E-state index contributed by atoms with van der Waals surface area (Å²) in [6.07, 6.45) is 1.75. The number of ether oxygens (including phenoxy) is 3. The van der Waals surface area contributed by atoms with Gasteiger partial charge in [-0.15, -0.1) is 0 Å². The van der Waals surface area contributed by atoms with Crippen LogP contribution in [0.5, 0.6) is 17.2 Å². The number of methoxy groups -OCH3 is 2. The minimum Gasteiger partial charge on any atom is -0.497 e. The van der Waals surface area contributed by atoms with Gasteiger partial charge in [0.25, 0.3) is 5.91 Å². The van der Waals surface area contributed by atoms with Crippen molar-refractivity contribution >= 4 is 46.2 Å². The molecule has 1 aliphatic rings. The van der Waals surface area contributed by atoms with Crippen LogP contribution in [0.4, 0.5) is 5.69 Å². The number of likely N-dealkylation sites (N-methyl/N-ethyl adjacent to an activating group) is 1. The van der Waals surface area contributed by atoms with E-state index in [0.717, 1.165) is 17.0 Å². The number of aliphatic imine (C=N–C) groups is 1. The van der Waals surface area contributed by atoms with Crippen molar-refractivity contribution < 1.29 is 19.0 Å². The Morgan fingerprint density at radius 2 is 1.87 bits per heavy atom. The van der Waals surface area contributed by atoms with Gasteiger partial charge in [0.2, 0.25) is 0 Å². The smallest absolute Gasteiger partial charge is 0.266 e. The summed E-state index contributed by atoms with van der Waals surface area (Å²) in [5, 5.41) is 1.05. The van der Waals surface area contributed by atoms with Gasteiger partial charge in [0, 0.05) is 6.54 Å². The average molecular weight is 461 g/mol. The minimum atomic E-state index is -0.0997. The number of benzene rings is 2. The summed E-state index contributed by atoms with van der Waals surface area (Å²) in [5.41, 5.74) is 1.49. The predicted molar refractivity (Wildman–Crippen MR) is 127 cm³/mol. The van der Waals surface area contributed by atoms with Crippen LogP contribution in [0.25, 0.3) is 6.08 Å². The lowest BCUT2D eigenvalue weighted by Crippen LogP contribution is -2.28. The lowest BCUT2D eigenvalue weighted by atomic mass is 10.1. The average Bonchev–Trinajstić information content (AvgIpc) is 3.03. The third kappa shape index (κ3) is 5.35. The van der Waals surface area contributed by atoms with Gasteiger partial charge < -0.3 is 14.2 Å². The molecule has 1 aliphatic heterocycles. The molecule has 2 aromatic rings. The van der Waals surface area contributed by atoms with Crippen LogP contribution in [0.3, 0.4) is 0 Å². The molecule has 0 N–H and O–H groups in total. The highest BCUT2D eigenvalue weighted by molar-refractivity contribution is 8.18. The highest BCUT2D eigenvalue weighted by atomic mass is 35.5. The maximum absolute atomic E-state index is 12.9. The zero-order valence-electron chi connectivity index (χ0n) is 18.1. The van der Waals surface area contributed by atoms with E-state index in [9.17, 15) is 4.79 Å². The Morgan fingerprint density at radius 1 is 1.16 bits per heavy atom. The number of amides is 1. The van der Waals surface area contributed by atoms with Crippen molar-refractivity contribution in [1.29, 1.82) is 0 Å². The van der Waals surface area contributed by atoms with Crippen molar-refractivity contribution in [3.8, 4) is 17.2 Å². The fraction of sp³-hybridized carbons (Fsp3) is 0.304. The fourth-order valence-electron chi connectivity index (χ4n) is 2.96. The number of halogens is 1. The van der Waals surface area contributed by atoms with Gasteiger partial charge in [-0.3, -0.25) is 9.69 Å². The largest absolute Gasteiger partial charge is 0.497 e. The van der Waals surface area contributed by atoms with Crippen molar-refractivity contribution in [1.82, 2.24) is 4.90 Å². The number of carbonyl (C=O) groups is 1. The Hall–Kier alpha value is -2.64. The molecule has 1 amide bonds. The van der Waals surface area contributed by atoms with E-state index in [0.29, 0.717) is 33.1 Å². The molecule has 164 valence electrons. The van der Waals surface area contributed by atoms with E-state index in [1.54, 1.807) is 37.3 Å². The third-order valence-corrected chi connectivity index (χ3v) is 5.69. The van der Waals surface area contributed by atoms with E-state index in [-0.39, 0.29) is 12.0 Å². The third-order valence-electron chi connectivity index (χ3n) is 4.40. The van der Waals surface area contributed by atoms with E-state index < -0.39 is 0 Å². The van der Waals surface area contributed by atoms with E-state index in [1.807, 2.05) is 45.0 Å². The molecule has 31 heavy (non-hydrogen) atoms. The summed E-state index contributed by atoms with van der Waals surface area (Å²) < 4.78 is 16.4. The van der Waals surface area contributed by atoms with Gasteiger partial charge in [0.15, 0.2) is 16.7 Å². The normalized spacial score (nSPS) is 16.5. The van der Waals surface area contributed by atoms with Crippen molar-refractivity contribution in [3.63, 3.8) is 0 Å². The van der Waals surface area contributed by atoms with Crippen LogP contribution in [-0.4, -0.2) is 42.8 Å². The molecule has 6 nitrogen and oxygen atoms in total. The lowest BCUT2D eigenvalue weighted by molar-refractivity contribution is -0.122. The number of amidine groups is 1. The maximum Gasteiger partial charge on any atom is 0.266 e. The first kappa shape index (κ1) is 23.0. The standard InChI is InChI=1S/C23H25ClN2O4S/c1-6-26-22(27)20(31-23(26)25-16-7-9-17(28-4)10-8-16)13-15-11-18(24)21(30-14(2)3)19(12-15)29-5/h7-14H,6H2,1-5H3/b20-13+,25-23?. The fourth-order valence-corrected chi connectivity index (χ4v) is 4.29. The van der Waals surface area contributed by atoms with Gasteiger partial charge in [-0.1, -0.05) is 11.6 Å². The molecule has 0 aromatic heterocycles. The SMILES string of the molecule is CCN1C(=O)/C(=C\c2cc(Cl)c(OC(C)C)c(OC)c2)SC1=Nc1ccc(OC)cc1. The Morgan fingerprint density at radius 3 is 2.45 bits per heavy atom. The van der Waals surface area contributed by atoms with Crippen LogP contribution in [0, 0.1) is 0 Å². The lowest BCUT2D eigenvalue weighted by Gasteiger charge is -2.15. The van der Waals surface area contributed by atoms with Crippen molar-refractivity contribution in [3.05, 3.63) is 51.9 Å². The number of hydrogen-bond acceptors (Lipinski definition) is 6. The van der Waals surface area contributed by atoms with E-state index in [4.69, 9.17) is 25.8 Å². The van der Waals surface area contributed by atoms with Crippen LogP contribution in [0.15, 0.2) is 46.3 Å². The Bertz CT molecular complexity index is 1020. The van der Waals surface area contributed by atoms with Gasteiger partial charge >= 0.3 is 0 Å². The second-order valence-electron chi connectivity index (χ2n) is 6.95. The van der Waals surface area contributed by atoms with Gasteiger partial charge in [0.05, 0.1) is 35.9 Å². The van der Waals surface area contributed by atoms with Crippen molar-refractivity contribution in [2.45, 2.75) is 26.9 Å². The molecule has 1 saturated heterocycles. The molecule has 0 unspecified atom stereocenters. The summed E-state index contributed by atoms with van der Waals surface area (Å²) in [6.45, 7) is 6.28. The number of thioether (sulfide) groups is 1. The van der Waals surface area contributed by atoms with Crippen LogP contribution < -0.4 is 14.2 Å². The maximum atomic E-state index is 12.9. The number of hydrogen-bond donors (Lipinski definition) is 0. The zero-order valence-corrected chi connectivity index (χ0v) is 19.7. The molecule has 1 fully saturated rings. The van der Waals surface area contributed by atoms with E-state index in [2.05, 4.69) is 4.99 Å².